The quantitative estimate of drug-likeness (QED) is 0.626. The van der Waals surface area contributed by atoms with E-state index in [1.807, 2.05) is 6.07 Å². The van der Waals surface area contributed by atoms with Gasteiger partial charge < -0.3 is 9.64 Å². The van der Waals surface area contributed by atoms with Crippen LogP contribution in [0, 0.1) is 17.1 Å². The third-order valence-electron chi connectivity index (χ3n) is 3.28. The summed E-state index contributed by atoms with van der Waals surface area (Å²) in [6, 6.07) is 15.1. The van der Waals surface area contributed by atoms with Gasteiger partial charge in [-0.1, -0.05) is 30.3 Å². The number of carbonyl (C=O) groups is 1. The first-order valence-electron chi connectivity index (χ1n) is 7.31. The van der Waals surface area contributed by atoms with Gasteiger partial charge in [0.15, 0.2) is 0 Å². The predicted molar refractivity (Wildman–Crippen MR) is 89.5 cm³/mol. The largest absolute Gasteiger partial charge is 0.488 e. The summed E-state index contributed by atoms with van der Waals surface area (Å²) in [5.41, 5.74) is 1.48. The summed E-state index contributed by atoms with van der Waals surface area (Å²) in [4.78, 5) is 13.3. The van der Waals surface area contributed by atoms with Gasteiger partial charge in [0.1, 0.15) is 29.8 Å². The van der Waals surface area contributed by atoms with Gasteiger partial charge in [-0.3, -0.25) is 4.79 Å². The molecule has 0 saturated heterocycles. The van der Waals surface area contributed by atoms with Crippen LogP contribution in [-0.2, 0) is 11.4 Å². The van der Waals surface area contributed by atoms with E-state index in [1.54, 1.807) is 50.5 Å². The Morgan fingerprint density at radius 1 is 1.21 bits per heavy atom. The highest BCUT2D eigenvalue weighted by Gasteiger charge is 2.12. The Morgan fingerprint density at radius 2 is 1.88 bits per heavy atom. The molecule has 122 valence electrons. The number of para-hydroxylation sites is 1. The summed E-state index contributed by atoms with van der Waals surface area (Å²) < 4.78 is 18.7. The number of halogens is 1. The Kier molecular flexibility index (Phi) is 5.69. The summed E-state index contributed by atoms with van der Waals surface area (Å²) in [6.07, 6.45) is 1.50. The van der Waals surface area contributed by atoms with Crippen molar-refractivity contribution >= 4 is 12.0 Å². The molecule has 2 aromatic rings. The number of amides is 1. The topological polar surface area (TPSA) is 53.3 Å². The van der Waals surface area contributed by atoms with E-state index in [9.17, 15) is 14.4 Å². The van der Waals surface area contributed by atoms with Crippen LogP contribution in [0.15, 0.2) is 54.1 Å². The first-order chi connectivity index (χ1) is 11.5. The number of carbonyl (C=O) groups excluding carboxylic acids is 1. The lowest BCUT2D eigenvalue weighted by Gasteiger charge is -2.11. The highest BCUT2D eigenvalue weighted by Crippen LogP contribution is 2.22. The van der Waals surface area contributed by atoms with E-state index in [4.69, 9.17) is 4.74 Å². The Morgan fingerprint density at radius 3 is 2.50 bits per heavy atom. The summed E-state index contributed by atoms with van der Waals surface area (Å²) in [7, 11) is 3.18. The molecule has 0 fully saturated rings. The number of rotatable bonds is 5. The van der Waals surface area contributed by atoms with E-state index in [-0.39, 0.29) is 23.9 Å². The molecule has 0 aromatic heterocycles. The smallest absolute Gasteiger partial charge is 0.264 e. The number of benzene rings is 2. The lowest BCUT2D eigenvalue weighted by atomic mass is 10.1. The van der Waals surface area contributed by atoms with Gasteiger partial charge in [0.05, 0.1) is 0 Å². The molecule has 0 spiro atoms. The van der Waals surface area contributed by atoms with Crippen LogP contribution in [0.4, 0.5) is 4.39 Å². The van der Waals surface area contributed by atoms with E-state index in [1.165, 1.54) is 23.1 Å². The minimum atomic E-state index is -0.370. The normalized spacial score (nSPS) is 10.8. The zero-order valence-electron chi connectivity index (χ0n) is 13.5. The van der Waals surface area contributed by atoms with Crippen LogP contribution in [0.2, 0.25) is 0 Å². The van der Waals surface area contributed by atoms with E-state index in [2.05, 4.69) is 0 Å². The van der Waals surface area contributed by atoms with Gasteiger partial charge in [-0.25, -0.2) is 4.39 Å². The lowest BCUT2D eigenvalue weighted by Crippen LogP contribution is -2.22. The monoisotopic (exact) mass is 324 g/mol. The van der Waals surface area contributed by atoms with Gasteiger partial charge in [-0.15, -0.1) is 0 Å². The van der Waals surface area contributed by atoms with Crippen LogP contribution in [0.3, 0.4) is 0 Å². The van der Waals surface area contributed by atoms with Crippen molar-refractivity contribution in [3.05, 3.63) is 71.0 Å². The summed E-state index contributed by atoms with van der Waals surface area (Å²) in [5, 5.41) is 9.19. The highest BCUT2D eigenvalue weighted by molar-refractivity contribution is 6.01. The lowest BCUT2D eigenvalue weighted by molar-refractivity contribution is -0.124. The number of ether oxygens (including phenoxy) is 1. The average molecular weight is 324 g/mol. The molecular weight excluding hydrogens is 307 g/mol. The summed E-state index contributed by atoms with van der Waals surface area (Å²) >= 11 is 0. The molecule has 0 N–H and O–H groups in total. The number of nitriles is 1. The predicted octanol–water partition coefficient (Wildman–Crippen LogP) is 3.40. The third kappa shape index (κ3) is 4.43. The standard InChI is InChI=1S/C19H17FN2O2/c1-22(2)19(23)16(12-21)11-15-5-3-4-6-18(15)24-13-14-7-9-17(20)10-8-14/h3-11H,13H2,1-2H3/b16-11-. The van der Waals surface area contributed by atoms with Crippen molar-refractivity contribution in [2.75, 3.05) is 14.1 Å². The van der Waals surface area contributed by atoms with E-state index in [0.29, 0.717) is 11.3 Å². The molecule has 0 unspecified atom stereocenters. The second-order valence-electron chi connectivity index (χ2n) is 5.32. The van der Waals surface area contributed by atoms with Crippen LogP contribution < -0.4 is 4.74 Å². The SMILES string of the molecule is CN(C)C(=O)/C(C#N)=C\c1ccccc1OCc1ccc(F)cc1. The Balaban J connectivity index is 2.22. The van der Waals surface area contributed by atoms with E-state index >= 15 is 0 Å². The van der Waals surface area contributed by atoms with Crippen LogP contribution in [-0.4, -0.2) is 24.9 Å². The van der Waals surface area contributed by atoms with Crippen LogP contribution in [0.1, 0.15) is 11.1 Å². The molecule has 0 aliphatic rings. The molecule has 0 heterocycles. The van der Waals surface area contributed by atoms with Crippen molar-refractivity contribution in [2.24, 2.45) is 0 Å². The molecule has 0 aliphatic carbocycles. The number of likely N-dealkylation sites (N-methyl/N-ethyl adjacent to an activating group) is 1. The number of hydrogen-bond donors (Lipinski definition) is 0. The van der Waals surface area contributed by atoms with E-state index < -0.39 is 0 Å². The van der Waals surface area contributed by atoms with Gasteiger partial charge >= 0.3 is 0 Å². The molecule has 0 aliphatic heterocycles. The van der Waals surface area contributed by atoms with Gasteiger partial charge in [0.25, 0.3) is 5.91 Å². The second-order valence-corrected chi connectivity index (χ2v) is 5.32. The van der Waals surface area contributed by atoms with Crippen molar-refractivity contribution < 1.29 is 13.9 Å². The fraction of sp³-hybridized carbons (Fsp3) is 0.158. The summed E-state index contributed by atoms with van der Waals surface area (Å²) in [5.74, 6) is -0.130. The Bertz CT molecular complexity index is 790. The molecule has 1 amide bonds. The van der Waals surface area contributed by atoms with E-state index in [0.717, 1.165) is 5.56 Å². The highest BCUT2D eigenvalue weighted by atomic mass is 19.1. The maximum atomic E-state index is 12.9. The zero-order valence-corrected chi connectivity index (χ0v) is 13.5. The van der Waals surface area contributed by atoms with Crippen molar-refractivity contribution in [1.29, 1.82) is 5.26 Å². The molecular formula is C19H17FN2O2. The molecule has 0 radical (unpaired) electrons. The maximum absolute atomic E-state index is 12.9. The van der Waals surface area contributed by atoms with Crippen molar-refractivity contribution in [3.63, 3.8) is 0 Å². The molecule has 4 nitrogen and oxygen atoms in total. The minimum Gasteiger partial charge on any atom is -0.488 e. The van der Waals surface area contributed by atoms with Crippen molar-refractivity contribution in [2.45, 2.75) is 6.61 Å². The molecule has 5 heteroatoms. The average Bonchev–Trinajstić information content (AvgIpc) is 2.59. The first kappa shape index (κ1) is 17.2. The van der Waals surface area contributed by atoms with Crippen LogP contribution in [0.5, 0.6) is 5.75 Å². The fourth-order valence-corrected chi connectivity index (χ4v) is 2.01. The zero-order chi connectivity index (χ0) is 17.5. The Labute approximate surface area is 140 Å². The molecule has 0 atom stereocenters. The minimum absolute atomic E-state index is 0.0258. The number of hydrogen-bond acceptors (Lipinski definition) is 3. The molecule has 2 rings (SSSR count). The number of nitrogens with zero attached hydrogens (tertiary/aromatic N) is 2. The van der Waals surface area contributed by atoms with Gasteiger partial charge in [-0.05, 0) is 29.8 Å². The first-order valence-corrected chi connectivity index (χ1v) is 7.31. The van der Waals surface area contributed by atoms with Gasteiger partial charge in [-0.2, -0.15) is 5.26 Å². The molecule has 2 aromatic carbocycles. The molecule has 0 bridgehead atoms. The van der Waals surface area contributed by atoms with Crippen molar-refractivity contribution in [3.8, 4) is 11.8 Å². The van der Waals surface area contributed by atoms with Gasteiger partial charge in [0, 0.05) is 19.7 Å². The van der Waals surface area contributed by atoms with Crippen molar-refractivity contribution in [1.82, 2.24) is 4.90 Å². The second kappa shape index (κ2) is 7.93. The van der Waals surface area contributed by atoms with Crippen LogP contribution in [0.25, 0.3) is 6.08 Å². The fourth-order valence-electron chi connectivity index (χ4n) is 2.01. The summed E-state index contributed by atoms with van der Waals surface area (Å²) in [6.45, 7) is 0.259. The maximum Gasteiger partial charge on any atom is 0.264 e. The Hall–Kier alpha value is -3.13. The van der Waals surface area contributed by atoms with Crippen LogP contribution >= 0.6 is 0 Å². The molecule has 24 heavy (non-hydrogen) atoms. The van der Waals surface area contributed by atoms with Gasteiger partial charge in [0.2, 0.25) is 0 Å². The third-order valence-corrected chi connectivity index (χ3v) is 3.28. The molecule has 0 saturated carbocycles.